The maximum atomic E-state index is 12.8. The molecule has 0 bridgehead atoms. The van der Waals surface area contributed by atoms with Crippen molar-refractivity contribution in [3.05, 3.63) is 131 Å². The Hall–Kier alpha value is -3.85. The van der Waals surface area contributed by atoms with Crippen LogP contribution < -0.4 is 9.47 Å². The van der Waals surface area contributed by atoms with E-state index in [9.17, 15) is 4.79 Å². The molecule has 4 aromatic rings. The van der Waals surface area contributed by atoms with Crippen LogP contribution in [-0.2, 0) is 19.4 Å². The van der Waals surface area contributed by atoms with Crippen LogP contribution in [0.5, 0.6) is 11.5 Å². The molecule has 3 nitrogen and oxygen atoms in total. The zero-order chi connectivity index (χ0) is 21.3. The van der Waals surface area contributed by atoms with Gasteiger partial charge in [-0.1, -0.05) is 78.9 Å². The third-order valence-corrected chi connectivity index (χ3v) is 5.05. The predicted molar refractivity (Wildman–Crippen MR) is 122 cm³/mol. The van der Waals surface area contributed by atoms with E-state index in [-0.39, 0.29) is 5.97 Å². The van der Waals surface area contributed by atoms with Crippen LogP contribution in [0.15, 0.2) is 109 Å². The summed E-state index contributed by atoms with van der Waals surface area (Å²) in [5, 5.41) is 0. The molecule has 0 aliphatic carbocycles. The molecule has 4 rings (SSSR count). The average Bonchev–Trinajstić information content (AvgIpc) is 2.84. The zero-order valence-corrected chi connectivity index (χ0v) is 17.2. The number of esters is 1. The monoisotopic (exact) mass is 408 g/mol. The van der Waals surface area contributed by atoms with E-state index < -0.39 is 0 Å². The van der Waals surface area contributed by atoms with Crippen LogP contribution >= 0.6 is 0 Å². The molecule has 0 N–H and O–H groups in total. The molecule has 4 aromatic carbocycles. The van der Waals surface area contributed by atoms with E-state index in [1.54, 1.807) is 12.1 Å². The van der Waals surface area contributed by atoms with Crippen LogP contribution in [0.25, 0.3) is 0 Å². The second-order valence-electron chi connectivity index (χ2n) is 7.28. The molecule has 0 unspecified atom stereocenters. The summed E-state index contributed by atoms with van der Waals surface area (Å²) in [4.78, 5) is 12.8. The highest BCUT2D eigenvalue weighted by Crippen LogP contribution is 2.21. The number of aryl methyl sites for hydroxylation is 2. The molecule has 0 radical (unpaired) electrons. The lowest BCUT2D eigenvalue weighted by Gasteiger charge is -2.11. The zero-order valence-electron chi connectivity index (χ0n) is 17.2. The van der Waals surface area contributed by atoms with E-state index in [0.717, 1.165) is 29.7 Å². The number of hydrogen-bond donors (Lipinski definition) is 0. The highest BCUT2D eigenvalue weighted by atomic mass is 16.5. The molecule has 0 amide bonds. The van der Waals surface area contributed by atoms with E-state index in [1.165, 1.54) is 5.56 Å². The lowest BCUT2D eigenvalue weighted by molar-refractivity contribution is 0.0733. The maximum Gasteiger partial charge on any atom is 0.343 e. The number of carbonyl (C=O) groups is 1. The Labute approximate surface area is 182 Å². The number of ether oxygens (including phenoxy) is 2. The van der Waals surface area contributed by atoms with Crippen molar-refractivity contribution in [2.45, 2.75) is 19.4 Å². The molecule has 0 aliphatic heterocycles. The van der Waals surface area contributed by atoms with Gasteiger partial charge in [0.05, 0.1) is 5.56 Å². The minimum Gasteiger partial charge on any atom is -0.489 e. The van der Waals surface area contributed by atoms with Gasteiger partial charge in [-0.15, -0.1) is 0 Å². The number of carbonyl (C=O) groups excluding carboxylic acids is 1. The first-order valence-electron chi connectivity index (χ1n) is 10.4. The topological polar surface area (TPSA) is 35.5 Å². The lowest BCUT2D eigenvalue weighted by atomic mass is 10.00. The quantitative estimate of drug-likeness (QED) is 0.255. The molecule has 0 aliphatic rings. The van der Waals surface area contributed by atoms with Gasteiger partial charge in [0.1, 0.15) is 18.1 Å². The van der Waals surface area contributed by atoms with Crippen molar-refractivity contribution in [1.82, 2.24) is 0 Å². The fourth-order valence-corrected chi connectivity index (χ4v) is 3.37. The summed E-state index contributed by atoms with van der Waals surface area (Å²) in [7, 11) is 0. The van der Waals surface area contributed by atoms with Gasteiger partial charge in [0.25, 0.3) is 0 Å². The van der Waals surface area contributed by atoms with E-state index >= 15 is 0 Å². The molecule has 0 heterocycles. The van der Waals surface area contributed by atoms with Gasteiger partial charge in [-0.2, -0.15) is 0 Å². The third-order valence-electron chi connectivity index (χ3n) is 5.05. The van der Waals surface area contributed by atoms with E-state index in [4.69, 9.17) is 9.47 Å². The first kappa shape index (κ1) is 20.4. The second kappa shape index (κ2) is 10.3. The molecule has 0 saturated carbocycles. The van der Waals surface area contributed by atoms with Gasteiger partial charge in [0, 0.05) is 0 Å². The fraction of sp³-hybridized carbons (Fsp3) is 0.107. The molecule has 31 heavy (non-hydrogen) atoms. The Kier molecular flexibility index (Phi) is 6.76. The molecule has 154 valence electrons. The van der Waals surface area contributed by atoms with Crippen LogP contribution in [0.3, 0.4) is 0 Å². The first-order chi connectivity index (χ1) is 15.3. The van der Waals surface area contributed by atoms with Crippen molar-refractivity contribution >= 4 is 5.97 Å². The SMILES string of the molecule is O=C(Oc1ccc(OCc2ccccc2)cc1)c1ccccc1CCc1ccccc1. The molecular formula is C28H24O3. The van der Waals surface area contributed by atoms with Gasteiger partial charge >= 0.3 is 5.97 Å². The minimum atomic E-state index is -0.346. The van der Waals surface area contributed by atoms with Gasteiger partial charge < -0.3 is 9.47 Å². The highest BCUT2D eigenvalue weighted by molar-refractivity contribution is 5.92. The van der Waals surface area contributed by atoms with Crippen LogP contribution in [0.4, 0.5) is 0 Å². The largest absolute Gasteiger partial charge is 0.489 e. The molecular weight excluding hydrogens is 384 g/mol. The van der Waals surface area contributed by atoms with E-state index in [0.29, 0.717) is 17.9 Å². The number of hydrogen-bond acceptors (Lipinski definition) is 3. The fourth-order valence-electron chi connectivity index (χ4n) is 3.37. The van der Waals surface area contributed by atoms with Gasteiger partial charge in [0.15, 0.2) is 0 Å². The molecule has 3 heteroatoms. The molecule has 0 saturated heterocycles. The Morgan fingerprint density at radius 2 is 1.16 bits per heavy atom. The summed E-state index contributed by atoms with van der Waals surface area (Å²) in [6.45, 7) is 0.495. The number of rotatable bonds is 8. The van der Waals surface area contributed by atoms with Crippen molar-refractivity contribution in [1.29, 1.82) is 0 Å². The first-order valence-corrected chi connectivity index (χ1v) is 10.4. The minimum absolute atomic E-state index is 0.346. The summed E-state index contributed by atoms with van der Waals surface area (Å²) >= 11 is 0. The lowest BCUT2D eigenvalue weighted by Crippen LogP contribution is -2.12. The highest BCUT2D eigenvalue weighted by Gasteiger charge is 2.13. The van der Waals surface area contributed by atoms with Gasteiger partial charge in [-0.3, -0.25) is 0 Å². The number of benzene rings is 4. The van der Waals surface area contributed by atoms with Crippen molar-refractivity contribution in [3.8, 4) is 11.5 Å². The van der Waals surface area contributed by atoms with Crippen molar-refractivity contribution in [2.24, 2.45) is 0 Å². The summed E-state index contributed by atoms with van der Waals surface area (Å²) in [6.07, 6.45) is 1.65. The Morgan fingerprint density at radius 1 is 0.581 bits per heavy atom. The van der Waals surface area contributed by atoms with E-state index in [2.05, 4.69) is 12.1 Å². The summed E-state index contributed by atoms with van der Waals surface area (Å²) in [5.41, 5.74) is 3.93. The molecule has 0 spiro atoms. The van der Waals surface area contributed by atoms with Gasteiger partial charge in [0.2, 0.25) is 0 Å². The molecule has 0 aromatic heterocycles. The summed E-state index contributed by atoms with van der Waals surface area (Å²) < 4.78 is 11.4. The smallest absolute Gasteiger partial charge is 0.343 e. The van der Waals surface area contributed by atoms with Crippen molar-refractivity contribution < 1.29 is 14.3 Å². The molecule has 0 atom stereocenters. The normalized spacial score (nSPS) is 10.5. The Bertz CT molecular complexity index is 1100. The average molecular weight is 408 g/mol. The van der Waals surface area contributed by atoms with Crippen LogP contribution in [-0.4, -0.2) is 5.97 Å². The van der Waals surface area contributed by atoms with Gasteiger partial charge in [-0.05, 0) is 59.9 Å². The van der Waals surface area contributed by atoms with Crippen LogP contribution in [0.1, 0.15) is 27.0 Å². The molecule has 0 fully saturated rings. The Morgan fingerprint density at radius 3 is 1.87 bits per heavy atom. The third kappa shape index (κ3) is 5.83. The van der Waals surface area contributed by atoms with Crippen LogP contribution in [0.2, 0.25) is 0 Å². The summed E-state index contributed by atoms with van der Waals surface area (Å²) in [5.74, 6) is 0.878. The second-order valence-corrected chi connectivity index (χ2v) is 7.28. The predicted octanol–water partition coefficient (Wildman–Crippen LogP) is 6.27. The standard InChI is InChI=1S/C28H24O3/c29-28(27-14-8-7-13-24(27)16-15-22-9-3-1-4-10-22)31-26-19-17-25(18-20-26)30-21-23-11-5-2-6-12-23/h1-14,17-20H,15-16,21H2. The Balaban J connectivity index is 1.37. The van der Waals surface area contributed by atoms with Crippen LogP contribution in [0, 0.1) is 0 Å². The van der Waals surface area contributed by atoms with Gasteiger partial charge in [-0.25, -0.2) is 4.79 Å². The van der Waals surface area contributed by atoms with Crippen molar-refractivity contribution in [2.75, 3.05) is 0 Å². The summed E-state index contributed by atoms with van der Waals surface area (Å²) in [6, 6.07) is 35.0. The van der Waals surface area contributed by atoms with Crippen molar-refractivity contribution in [3.63, 3.8) is 0 Å². The maximum absolute atomic E-state index is 12.8. The van der Waals surface area contributed by atoms with E-state index in [1.807, 2.05) is 84.9 Å².